The van der Waals surface area contributed by atoms with Crippen LogP contribution < -0.4 is 14.8 Å². The summed E-state index contributed by atoms with van der Waals surface area (Å²) in [5, 5.41) is 3.09. The van der Waals surface area contributed by atoms with E-state index in [2.05, 4.69) is 11.4 Å². The van der Waals surface area contributed by atoms with E-state index >= 15 is 0 Å². The highest BCUT2D eigenvalue weighted by atomic mass is 16.5. The quantitative estimate of drug-likeness (QED) is 0.723. The van der Waals surface area contributed by atoms with Crippen LogP contribution in [-0.2, 0) is 20.9 Å². The first-order valence-corrected chi connectivity index (χ1v) is 10.0. The average molecular weight is 402 g/mol. The molecule has 2 aliphatic rings. The van der Waals surface area contributed by atoms with Gasteiger partial charge in [0, 0.05) is 32.3 Å². The van der Waals surface area contributed by atoms with Crippen LogP contribution in [0.3, 0.4) is 0 Å². The number of ether oxygens (including phenoxy) is 3. The fraction of sp³-hybridized carbons (Fsp3) is 0.545. The number of amides is 2. The van der Waals surface area contributed by atoms with E-state index in [1.54, 1.807) is 26.2 Å². The van der Waals surface area contributed by atoms with Crippen LogP contribution in [0.4, 0.5) is 0 Å². The Morgan fingerprint density at radius 3 is 2.69 bits per heavy atom. The second-order valence-corrected chi connectivity index (χ2v) is 7.47. The molecule has 0 radical (unpaired) electrons. The zero-order valence-corrected chi connectivity index (χ0v) is 17.5. The van der Waals surface area contributed by atoms with Crippen molar-refractivity contribution >= 4 is 11.8 Å². The minimum Gasteiger partial charge on any atom is -0.493 e. The number of allylic oxidation sites excluding steroid dienone is 1. The molecule has 1 saturated heterocycles. The van der Waals surface area contributed by atoms with Gasteiger partial charge in [-0.25, -0.2) is 0 Å². The van der Waals surface area contributed by atoms with Gasteiger partial charge in [-0.1, -0.05) is 12.1 Å². The van der Waals surface area contributed by atoms with Gasteiger partial charge < -0.3 is 24.4 Å². The van der Waals surface area contributed by atoms with E-state index < -0.39 is 5.41 Å². The number of piperidine rings is 1. The summed E-state index contributed by atoms with van der Waals surface area (Å²) in [5.74, 6) is 1.33. The monoisotopic (exact) mass is 402 g/mol. The second-order valence-electron chi connectivity index (χ2n) is 7.47. The van der Waals surface area contributed by atoms with Crippen molar-refractivity contribution in [3.63, 3.8) is 0 Å². The molecular formula is C22H30N2O5. The number of benzene rings is 1. The minimum absolute atomic E-state index is 0.0202. The fourth-order valence-electron chi connectivity index (χ4n) is 4.29. The lowest BCUT2D eigenvalue weighted by atomic mass is 9.69. The Kier molecular flexibility index (Phi) is 6.79. The molecule has 1 heterocycles. The predicted molar refractivity (Wildman–Crippen MR) is 109 cm³/mol. The van der Waals surface area contributed by atoms with Crippen molar-refractivity contribution in [2.75, 3.05) is 34.5 Å². The lowest BCUT2D eigenvalue weighted by molar-refractivity contribution is -0.141. The molecule has 29 heavy (non-hydrogen) atoms. The summed E-state index contributed by atoms with van der Waals surface area (Å²) in [6, 6.07) is 5.60. The number of nitrogens with zero attached hydrogens (tertiary/aromatic N) is 1. The summed E-state index contributed by atoms with van der Waals surface area (Å²) < 4.78 is 15.8. The maximum Gasteiger partial charge on any atom is 0.232 e. The van der Waals surface area contributed by atoms with Gasteiger partial charge >= 0.3 is 0 Å². The number of methoxy groups -OCH3 is 3. The third kappa shape index (κ3) is 4.24. The lowest BCUT2D eigenvalue weighted by Crippen LogP contribution is -2.53. The molecule has 1 aromatic rings. The molecule has 1 N–H and O–H groups in total. The molecule has 7 heteroatoms. The third-order valence-electron chi connectivity index (χ3n) is 5.85. The van der Waals surface area contributed by atoms with E-state index in [9.17, 15) is 9.59 Å². The van der Waals surface area contributed by atoms with Crippen LogP contribution in [0.15, 0.2) is 30.0 Å². The number of hydrogen-bond donors (Lipinski definition) is 1. The number of hydrogen-bond acceptors (Lipinski definition) is 5. The van der Waals surface area contributed by atoms with Crippen LogP contribution in [0.5, 0.6) is 11.5 Å². The number of fused-ring (bicyclic) bond motifs is 1. The first-order valence-electron chi connectivity index (χ1n) is 10.0. The molecule has 3 rings (SSSR count). The van der Waals surface area contributed by atoms with Gasteiger partial charge in [0.05, 0.1) is 26.2 Å². The fourth-order valence-corrected chi connectivity index (χ4v) is 4.29. The lowest BCUT2D eigenvalue weighted by Gasteiger charge is -2.46. The molecule has 1 aromatic carbocycles. The highest BCUT2D eigenvalue weighted by Crippen LogP contribution is 2.46. The SMILES string of the molecule is COCCN1C(=O)CCC2(C(=O)NCc3ccc(OC)c(OC)c3)CCCC=C12. The van der Waals surface area contributed by atoms with Gasteiger partial charge in [0.2, 0.25) is 11.8 Å². The third-order valence-corrected chi connectivity index (χ3v) is 5.85. The molecule has 7 nitrogen and oxygen atoms in total. The number of carbonyl (C=O) groups excluding carboxylic acids is 2. The van der Waals surface area contributed by atoms with Gasteiger partial charge in [-0.15, -0.1) is 0 Å². The van der Waals surface area contributed by atoms with E-state index in [1.165, 1.54) is 0 Å². The zero-order chi connectivity index (χ0) is 20.9. The Hall–Kier alpha value is -2.54. The minimum atomic E-state index is -0.642. The largest absolute Gasteiger partial charge is 0.493 e. The van der Waals surface area contributed by atoms with E-state index in [-0.39, 0.29) is 11.8 Å². The highest BCUT2D eigenvalue weighted by molar-refractivity contribution is 5.91. The summed E-state index contributed by atoms with van der Waals surface area (Å²) in [4.78, 5) is 27.6. The van der Waals surface area contributed by atoms with Crippen LogP contribution in [-0.4, -0.2) is 51.2 Å². The van der Waals surface area contributed by atoms with Crippen LogP contribution in [0.2, 0.25) is 0 Å². The van der Waals surface area contributed by atoms with E-state index in [1.807, 2.05) is 18.2 Å². The van der Waals surface area contributed by atoms with Crippen molar-refractivity contribution in [1.82, 2.24) is 10.2 Å². The molecule has 1 unspecified atom stereocenters. The van der Waals surface area contributed by atoms with Crippen LogP contribution in [0.1, 0.15) is 37.7 Å². The summed E-state index contributed by atoms with van der Waals surface area (Å²) in [6.07, 6.45) is 5.58. The average Bonchev–Trinajstić information content (AvgIpc) is 2.76. The van der Waals surface area contributed by atoms with Crippen LogP contribution >= 0.6 is 0 Å². The molecule has 0 spiro atoms. The summed E-state index contributed by atoms with van der Waals surface area (Å²) >= 11 is 0. The van der Waals surface area contributed by atoms with E-state index in [0.717, 1.165) is 30.5 Å². The van der Waals surface area contributed by atoms with Gasteiger partial charge in [-0.2, -0.15) is 0 Å². The molecule has 1 atom stereocenters. The standard InChI is InChI=1S/C22H30N2O5/c1-27-13-12-24-19-6-4-5-10-22(19,11-9-20(24)25)21(26)23-15-16-7-8-17(28-2)18(14-16)29-3/h6-8,14H,4-5,9-13,15H2,1-3H3,(H,23,26). The van der Waals surface area contributed by atoms with E-state index in [4.69, 9.17) is 14.2 Å². The zero-order valence-electron chi connectivity index (χ0n) is 17.5. The molecule has 0 bridgehead atoms. The molecule has 0 aromatic heterocycles. The molecule has 1 fully saturated rings. The van der Waals surface area contributed by atoms with Crippen LogP contribution in [0, 0.1) is 5.41 Å². The first-order chi connectivity index (χ1) is 14.1. The Bertz CT molecular complexity index is 791. The van der Waals surface area contributed by atoms with Crippen molar-refractivity contribution in [2.45, 2.75) is 38.6 Å². The van der Waals surface area contributed by atoms with Gasteiger partial charge in [0.25, 0.3) is 0 Å². The Labute approximate surface area is 172 Å². The Morgan fingerprint density at radius 1 is 1.17 bits per heavy atom. The smallest absolute Gasteiger partial charge is 0.232 e. The maximum atomic E-state index is 13.4. The van der Waals surface area contributed by atoms with E-state index in [0.29, 0.717) is 44.0 Å². The summed E-state index contributed by atoms with van der Waals surface area (Å²) in [6.45, 7) is 1.32. The Balaban J connectivity index is 1.77. The van der Waals surface area contributed by atoms with Crippen molar-refractivity contribution in [3.05, 3.63) is 35.5 Å². The molecule has 1 aliphatic heterocycles. The van der Waals surface area contributed by atoms with Crippen LogP contribution in [0.25, 0.3) is 0 Å². The summed E-state index contributed by atoms with van der Waals surface area (Å²) in [7, 11) is 4.80. The molecular weight excluding hydrogens is 372 g/mol. The highest BCUT2D eigenvalue weighted by Gasteiger charge is 2.49. The van der Waals surface area contributed by atoms with Gasteiger partial charge in [0.1, 0.15) is 0 Å². The van der Waals surface area contributed by atoms with Crippen molar-refractivity contribution in [2.24, 2.45) is 5.41 Å². The molecule has 0 saturated carbocycles. The van der Waals surface area contributed by atoms with Crippen molar-refractivity contribution < 1.29 is 23.8 Å². The number of rotatable bonds is 8. The first kappa shape index (κ1) is 21.2. The maximum absolute atomic E-state index is 13.4. The van der Waals surface area contributed by atoms with Gasteiger partial charge in [0.15, 0.2) is 11.5 Å². The Morgan fingerprint density at radius 2 is 1.97 bits per heavy atom. The second kappa shape index (κ2) is 9.31. The normalized spacial score (nSPS) is 21.3. The summed E-state index contributed by atoms with van der Waals surface area (Å²) in [5.41, 5.74) is 1.13. The number of nitrogens with one attached hydrogen (secondary N) is 1. The topological polar surface area (TPSA) is 77.1 Å². The number of likely N-dealkylation sites (tertiary alicyclic amines) is 1. The van der Waals surface area contributed by atoms with Crippen molar-refractivity contribution in [1.29, 1.82) is 0 Å². The van der Waals surface area contributed by atoms with Gasteiger partial charge in [-0.05, 0) is 43.4 Å². The van der Waals surface area contributed by atoms with Gasteiger partial charge in [-0.3, -0.25) is 9.59 Å². The predicted octanol–water partition coefficient (Wildman–Crippen LogP) is 2.64. The number of carbonyl (C=O) groups is 2. The van der Waals surface area contributed by atoms with Crippen molar-refractivity contribution in [3.8, 4) is 11.5 Å². The molecule has 158 valence electrons. The molecule has 2 amide bonds. The molecule has 1 aliphatic carbocycles.